The van der Waals surface area contributed by atoms with Gasteiger partial charge in [-0.05, 0) is 38.1 Å². The molecule has 1 aliphatic heterocycles. The quantitative estimate of drug-likeness (QED) is 0.901. The summed E-state index contributed by atoms with van der Waals surface area (Å²) in [5.41, 5.74) is 1.57. The third-order valence-electron chi connectivity index (χ3n) is 4.10. The minimum absolute atomic E-state index is 0.205. The summed E-state index contributed by atoms with van der Waals surface area (Å²) in [6.45, 7) is 4.16. The van der Waals surface area contributed by atoms with Crippen LogP contribution >= 0.6 is 0 Å². The fourth-order valence-corrected chi connectivity index (χ4v) is 3.10. The van der Waals surface area contributed by atoms with Crippen molar-refractivity contribution in [3.05, 3.63) is 23.8 Å². The highest BCUT2D eigenvalue weighted by Gasteiger charge is 2.29. The van der Waals surface area contributed by atoms with Crippen LogP contribution in [-0.2, 0) is 0 Å². The largest absolute Gasteiger partial charge is 0.478 e. The van der Waals surface area contributed by atoms with Gasteiger partial charge in [-0.15, -0.1) is 5.10 Å². The van der Waals surface area contributed by atoms with E-state index in [2.05, 4.69) is 29.2 Å². The second-order valence-electron chi connectivity index (χ2n) is 5.61. The van der Waals surface area contributed by atoms with E-state index in [4.69, 9.17) is 0 Å². The van der Waals surface area contributed by atoms with Gasteiger partial charge in [-0.2, -0.15) is 0 Å². The minimum atomic E-state index is -0.931. The summed E-state index contributed by atoms with van der Waals surface area (Å²) < 4.78 is 1.82. The molecule has 2 heterocycles. The third kappa shape index (κ3) is 2.06. The van der Waals surface area contributed by atoms with Crippen LogP contribution in [0.25, 0.3) is 11.0 Å². The van der Waals surface area contributed by atoms with Crippen molar-refractivity contribution < 1.29 is 9.90 Å². The molecule has 2 atom stereocenters. The van der Waals surface area contributed by atoms with E-state index < -0.39 is 5.97 Å². The highest BCUT2D eigenvalue weighted by atomic mass is 16.4. The number of fused-ring (bicyclic) bond motifs is 1. The lowest BCUT2D eigenvalue weighted by molar-refractivity contribution is 0.0698. The van der Waals surface area contributed by atoms with E-state index in [0.29, 0.717) is 17.0 Å². The van der Waals surface area contributed by atoms with Gasteiger partial charge in [0.25, 0.3) is 0 Å². The average Bonchev–Trinajstić information content (AvgIpc) is 2.82. The molecule has 0 bridgehead atoms. The second-order valence-corrected chi connectivity index (χ2v) is 5.61. The number of para-hydroxylation sites is 1. The number of likely N-dealkylation sites (tertiary alicyclic amines) is 1. The van der Waals surface area contributed by atoms with E-state index in [9.17, 15) is 9.90 Å². The molecule has 3 rings (SSSR count). The summed E-state index contributed by atoms with van der Waals surface area (Å²) in [5, 5.41) is 17.7. The van der Waals surface area contributed by atoms with Gasteiger partial charge < -0.3 is 10.0 Å². The highest BCUT2D eigenvalue weighted by Crippen LogP contribution is 2.30. The van der Waals surface area contributed by atoms with Gasteiger partial charge in [0.05, 0.1) is 11.6 Å². The predicted molar refractivity (Wildman–Crippen MR) is 74.8 cm³/mol. The van der Waals surface area contributed by atoms with Gasteiger partial charge in [-0.25, -0.2) is 9.48 Å². The number of benzene rings is 1. The van der Waals surface area contributed by atoms with Gasteiger partial charge in [0.15, 0.2) is 0 Å². The lowest BCUT2D eigenvalue weighted by atomic mass is 9.94. The summed E-state index contributed by atoms with van der Waals surface area (Å²) in [4.78, 5) is 13.7. The summed E-state index contributed by atoms with van der Waals surface area (Å²) in [7, 11) is 2.11. The first-order chi connectivity index (χ1) is 9.58. The summed E-state index contributed by atoms with van der Waals surface area (Å²) in [5.74, 6) is -0.514. The Kier molecular flexibility index (Phi) is 3.17. The van der Waals surface area contributed by atoms with Crippen molar-refractivity contribution >= 4 is 17.0 Å². The molecular formula is C14H18N4O2. The van der Waals surface area contributed by atoms with Crippen LogP contribution in [0.4, 0.5) is 0 Å². The maximum absolute atomic E-state index is 11.4. The zero-order chi connectivity index (χ0) is 14.3. The predicted octanol–water partition coefficient (Wildman–Crippen LogP) is 1.64. The number of piperidine rings is 1. The van der Waals surface area contributed by atoms with Crippen LogP contribution in [0.5, 0.6) is 0 Å². The van der Waals surface area contributed by atoms with Crippen LogP contribution in [0.3, 0.4) is 0 Å². The maximum atomic E-state index is 11.4. The molecule has 1 aromatic heterocycles. The highest BCUT2D eigenvalue weighted by molar-refractivity contribution is 6.00. The Labute approximate surface area is 117 Å². The topological polar surface area (TPSA) is 71.2 Å². The van der Waals surface area contributed by atoms with Gasteiger partial charge >= 0.3 is 5.97 Å². The number of aromatic nitrogens is 3. The van der Waals surface area contributed by atoms with Crippen molar-refractivity contribution in [2.24, 2.45) is 5.92 Å². The minimum Gasteiger partial charge on any atom is -0.478 e. The number of carboxylic acids is 1. The monoisotopic (exact) mass is 274 g/mol. The number of carbonyl (C=O) groups is 1. The van der Waals surface area contributed by atoms with Crippen molar-refractivity contribution in [3.8, 4) is 0 Å². The number of carboxylic acid groups (broad SMARTS) is 1. The standard InChI is InChI=1S/C14H18N4O2/c1-9-8-17(2)7-6-12(9)18-13-10(14(19)20)4-3-5-11(13)15-16-18/h3-5,9,12H,6-8H2,1-2H3,(H,19,20). The molecule has 0 spiro atoms. The van der Waals surface area contributed by atoms with Gasteiger partial charge in [0.1, 0.15) is 11.0 Å². The first-order valence-electron chi connectivity index (χ1n) is 6.83. The normalized spacial score (nSPS) is 24.1. The third-order valence-corrected chi connectivity index (χ3v) is 4.10. The maximum Gasteiger partial charge on any atom is 0.337 e. The first kappa shape index (κ1) is 13.1. The molecule has 0 aliphatic carbocycles. The van der Waals surface area contributed by atoms with E-state index >= 15 is 0 Å². The Morgan fingerprint density at radius 2 is 2.25 bits per heavy atom. The zero-order valence-corrected chi connectivity index (χ0v) is 11.7. The fourth-order valence-electron chi connectivity index (χ4n) is 3.10. The van der Waals surface area contributed by atoms with E-state index in [0.717, 1.165) is 19.5 Å². The van der Waals surface area contributed by atoms with E-state index in [1.807, 2.05) is 10.7 Å². The molecule has 1 aliphatic rings. The zero-order valence-electron chi connectivity index (χ0n) is 11.7. The Morgan fingerprint density at radius 3 is 2.95 bits per heavy atom. The Balaban J connectivity index is 2.10. The lowest BCUT2D eigenvalue weighted by Gasteiger charge is -2.34. The van der Waals surface area contributed by atoms with Crippen LogP contribution in [-0.4, -0.2) is 51.1 Å². The van der Waals surface area contributed by atoms with E-state index in [1.54, 1.807) is 12.1 Å². The number of aromatic carboxylic acids is 1. The van der Waals surface area contributed by atoms with Crippen molar-refractivity contribution in [2.75, 3.05) is 20.1 Å². The first-order valence-corrected chi connectivity index (χ1v) is 6.83. The molecule has 2 unspecified atom stereocenters. The molecule has 0 radical (unpaired) electrons. The molecule has 1 saturated heterocycles. The Bertz CT molecular complexity index is 652. The van der Waals surface area contributed by atoms with Gasteiger partial charge in [0.2, 0.25) is 0 Å². The van der Waals surface area contributed by atoms with Crippen LogP contribution in [0.2, 0.25) is 0 Å². The molecule has 2 aromatic rings. The number of rotatable bonds is 2. The molecule has 0 saturated carbocycles. The van der Waals surface area contributed by atoms with Crippen LogP contribution in [0, 0.1) is 5.92 Å². The molecule has 106 valence electrons. The Morgan fingerprint density at radius 1 is 1.45 bits per heavy atom. The molecule has 20 heavy (non-hydrogen) atoms. The smallest absolute Gasteiger partial charge is 0.337 e. The molecule has 6 nitrogen and oxygen atoms in total. The van der Waals surface area contributed by atoms with Crippen LogP contribution < -0.4 is 0 Å². The van der Waals surface area contributed by atoms with Crippen LogP contribution in [0.1, 0.15) is 29.7 Å². The lowest BCUT2D eigenvalue weighted by Crippen LogP contribution is -2.38. The number of hydrogen-bond donors (Lipinski definition) is 1. The SMILES string of the molecule is CC1CN(C)CCC1n1nnc2cccc(C(=O)O)c21. The molecule has 6 heteroatoms. The molecule has 1 aromatic carbocycles. The van der Waals surface area contributed by atoms with Gasteiger partial charge in [0, 0.05) is 6.54 Å². The van der Waals surface area contributed by atoms with Crippen LogP contribution in [0.15, 0.2) is 18.2 Å². The van der Waals surface area contributed by atoms with E-state index in [-0.39, 0.29) is 11.6 Å². The van der Waals surface area contributed by atoms with Crippen molar-refractivity contribution in [3.63, 3.8) is 0 Å². The van der Waals surface area contributed by atoms with E-state index in [1.165, 1.54) is 0 Å². The Hall–Kier alpha value is -1.95. The fraction of sp³-hybridized carbons (Fsp3) is 0.500. The second kappa shape index (κ2) is 4.86. The van der Waals surface area contributed by atoms with Gasteiger partial charge in [-0.1, -0.05) is 18.2 Å². The molecular weight excluding hydrogens is 256 g/mol. The summed E-state index contributed by atoms with van der Waals surface area (Å²) in [6, 6.07) is 5.34. The van der Waals surface area contributed by atoms with Crippen molar-refractivity contribution in [1.29, 1.82) is 0 Å². The molecule has 1 fully saturated rings. The summed E-state index contributed by atoms with van der Waals surface area (Å²) >= 11 is 0. The number of hydrogen-bond acceptors (Lipinski definition) is 4. The molecule has 0 amide bonds. The average molecular weight is 274 g/mol. The van der Waals surface area contributed by atoms with Gasteiger partial charge in [-0.3, -0.25) is 0 Å². The van der Waals surface area contributed by atoms with Crippen molar-refractivity contribution in [2.45, 2.75) is 19.4 Å². The molecule has 1 N–H and O–H groups in total. The van der Waals surface area contributed by atoms with Crippen molar-refractivity contribution in [1.82, 2.24) is 19.9 Å². The number of nitrogens with zero attached hydrogens (tertiary/aromatic N) is 4. The summed E-state index contributed by atoms with van der Waals surface area (Å²) in [6.07, 6.45) is 0.962.